The van der Waals surface area contributed by atoms with Gasteiger partial charge in [-0.2, -0.15) is 4.68 Å². The summed E-state index contributed by atoms with van der Waals surface area (Å²) in [5.41, 5.74) is 1.56. The second-order valence-corrected chi connectivity index (χ2v) is 4.31. The van der Waals surface area contributed by atoms with Gasteiger partial charge in [0.1, 0.15) is 0 Å². The molecule has 0 fully saturated rings. The Bertz CT molecular complexity index is 770. The normalized spacial score (nSPS) is 11.0. The van der Waals surface area contributed by atoms with E-state index in [-0.39, 0.29) is 5.69 Å². The number of aromatic amines is 1. The highest BCUT2D eigenvalue weighted by Crippen LogP contribution is 2.05. The van der Waals surface area contributed by atoms with Crippen molar-refractivity contribution < 1.29 is 0 Å². The van der Waals surface area contributed by atoms with Gasteiger partial charge in [0.05, 0.1) is 5.69 Å². The first-order valence-electron chi connectivity index (χ1n) is 6.31. The van der Waals surface area contributed by atoms with Gasteiger partial charge in [0.25, 0.3) is 0 Å². The molecule has 1 N–H and O–H groups in total. The van der Waals surface area contributed by atoms with Gasteiger partial charge in [0.15, 0.2) is 5.82 Å². The molecule has 4 nitrogen and oxygen atoms in total. The van der Waals surface area contributed by atoms with Crippen molar-refractivity contribution in [3.8, 4) is 5.69 Å². The summed E-state index contributed by atoms with van der Waals surface area (Å²) in [5.74, 6) is 0.530. The van der Waals surface area contributed by atoms with Crippen LogP contribution in [-0.4, -0.2) is 14.8 Å². The maximum atomic E-state index is 11.9. The lowest BCUT2D eigenvalue weighted by molar-refractivity contribution is 0.840. The van der Waals surface area contributed by atoms with Gasteiger partial charge in [-0.3, -0.25) is 4.98 Å². The Hall–Kier alpha value is -2.88. The van der Waals surface area contributed by atoms with E-state index in [1.54, 1.807) is 6.08 Å². The van der Waals surface area contributed by atoms with Crippen molar-refractivity contribution in [2.24, 2.45) is 0 Å². The molecule has 3 aromatic rings. The van der Waals surface area contributed by atoms with Crippen LogP contribution in [0.2, 0.25) is 0 Å². The molecule has 4 heteroatoms. The third-order valence-corrected chi connectivity index (χ3v) is 2.87. The molecule has 2 aromatic carbocycles. The van der Waals surface area contributed by atoms with Gasteiger partial charge in [0.2, 0.25) is 0 Å². The zero-order valence-electron chi connectivity index (χ0n) is 10.7. The molecular weight excluding hydrogens is 250 g/mol. The fourth-order valence-corrected chi connectivity index (χ4v) is 1.90. The molecule has 0 bridgehead atoms. The van der Waals surface area contributed by atoms with E-state index in [9.17, 15) is 4.79 Å². The van der Waals surface area contributed by atoms with Crippen LogP contribution >= 0.6 is 0 Å². The van der Waals surface area contributed by atoms with Crippen molar-refractivity contribution in [1.82, 2.24) is 14.8 Å². The lowest BCUT2D eigenvalue weighted by Gasteiger charge is -1.96. The van der Waals surface area contributed by atoms with Crippen molar-refractivity contribution in [1.29, 1.82) is 0 Å². The summed E-state index contributed by atoms with van der Waals surface area (Å²) < 4.78 is 1.35. The number of nitrogens with one attached hydrogen (secondary N) is 1. The molecule has 1 heterocycles. The fourth-order valence-electron chi connectivity index (χ4n) is 1.90. The predicted molar refractivity (Wildman–Crippen MR) is 79.6 cm³/mol. The number of H-pyrrole nitrogens is 1. The highest BCUT2D eigenvalue weighted by molar-refractivity contribution is 5.66. The quantitative estimate of drug-likeness (QED) is 0.790. The highest BCUT2D eigenvalue weighted by atomic mass is 16.1. The fraction of sp³-hybridized carbons (Fsp3) is 0. The Morgan fingerprint density at radius 1 is 0.900 bits per heavy atom. The summed E-state index contributed by atoms with van der Waals surface area (Å²) in [6.07, 6.45) is 3.70. The van der Waals surface area contributed by atoms with Crippen LogP contribution in [0, 0.1) is 0 Å². The van der Waals surface area contributed by atoms with Crippen LogP contribution in [0.25, 0.3) is 17.8 Å². The summed E-state index contributed by atoms with van der Waals surface area (Å²) in [6.45, 7) is 0. The van der Waals surface area contributed by atoms with E-state index in [0.29, 0.717) is 5.82 Å². The highest BCUT2D eigenvalue weighted by Gasteiger charge is 2.03. The number of hydrogen-bond donors (Lipinski definition) is 1. The van der Waals surface area contributed by atoms with Crippen molar-refractivity contribution >= 4 is 12.2 Å². The number of para-hydroxylation sites is 1. The standard InChI is InChI=1S/C16H13N3O/c20-16-17-15(12-11-13-7-3-1-4-8-13)18-19(16)14-9-5-2-6-10-14/h1-12H,(H,17,18,20). The number of hydrogen-bond acceptors (Lipinski definition) is 2. The number of nitrogens with zero attached hydrogens (tertiary/aromatic N) is 2. The van der Waals surface area contributed by atoms with Crippen molar-refractivity contribution in [3.05, 3.63) is 82.5 Å². The first-order valence-corrected chi connectivity index (χ1v) is 6.31. The van der Waals surface area contributed by atoms with Gasteiger partial charge in [0, 0.05) is 0 Å². The van der Waals surface area contributed by atoms with Crippen LogP contribution in [0.5, 0.6) is 0 Å². The zero-order valence-corrected chi connectivity index (χ0v) is 10.7. The molecule has 20 heavy (non-hydrogen) atoms. The molecule has 0 spiro atoms. The molecule has 0 radical (unpaired) electrons. The van der Waals surface area contributed by atoms with Crippen LogP contribution < -0.4 is 5.69 Å². The van der Waals surface area contributed by atoms with E-state index in [1.807, 2.05) is 66.7 Å². The largest absolute Gasteiger partial charge is 0.348 e. The molecule has 0 saturated heterocycles. The summed E-state index contributed by atoms with van der Waals surface area (Å²) in [7, 11) is 0. The van der Waals surface area contributed by atoms with E-state index >= 15 is 0 Å². The Labute approximate surface area is 116 Å². The van der Waals surface area contributed by atoms with E-state index < -0.39 is 0 Å². The average Bonchev–Trinajstić information content (AvgIpc) is 2.88. The molecule has 0 saturated carbocycles. The lowest BCUT2D eigenvalue weighted by Crippen LogP contribution is -2.15. The predicted octanol–water partition coefficient (Wildman–Crippen LogP) is 2.73. The summed E-state index contributed by atoms with van der Waals surface area (Å²) >= 11 is 0. The Kier molecular flexibility index (Phi) is 3.29. The van der Waals surface area contributed by atoms with Crippen molar-refractivity contribution in [2.45, 2.75) is 0 Å². The van der Waals surface area contributed by atoms with Gasteiger partial charge in [-0.15, -0.1) is 5.10 Å². The Morgan fingerprint density at radius 2 is 1.55 bits per heavy atom. The molecule has 3 rings (SSSR count). The first-order chi connectivity index (χ1) is 9.83. The zero-order chi connectivity index (χ0) is 13.8. The minimum Gasteiger partial charge on any atom is -0.289 e. The molecule has 0 aliphatic rings. The third kappa shape index (κ3) is 2.59. The Balaban J connectivity index is 1.90. The van der Waals surface area contributed by atoms with Gasteiger partial charge in [-0.05, 0) is 23.8 Å². The maximum absolute atomic E-state index is 11.9. The molecule has 0 atom stereocenters. The van der Waals surface area contributed by atoms with Crippen LogP contribution in [0.1, 0.15) is 11.4 Å². The van der Waals surface area contributed by atoms with Crippen LogP contribution in [-0.2, 0) is 0 Å². The topological polar surface area (TPSA) is 50.7 Å². The smallest absolute Gasteiger partial charge is 0.289 e. The third-order valence-electron chi connectivity index (χ3n) is 2.87. The van der Waals surface area contributed by atoms with Gasteiger partial charge < -0.3 is 0 Å². The van der Waals surface area contributed by atoms with Gasteiger partial charge >= 0.3 is 5.69 Å². The Morgan fingerprint density at radius 3 is 2.25 bits per heavy atom. The summed E-state index contributed by atoms with van der Waals surface area (Å²) in [5, 5.41) is 4.26. The molecule has 0 aliphatic carbocycles. The second-order valence-electron chi connectivity index (χ2n) is 4.31. The van der Waals surface area contributed by atoms with Crippen LogP contribution in [0.4, 0.5) is 0 Å². The monoisotopic (exact) mass is 263 g/mol. The summed E-state index contributed by atoms with van der Waals surface area (Å²) in [4.78, 5) is 14.6. The molecule has 1 aromatic heterocycles. The maximum Gasteiger partial charge on any atom is 0.348 e. The SMILES string of the molecule is O=c1[nH]c(C=Cc2ccccc2)nn1-c1ccccc1. The molecule has 0 aliphatic heterocycles. The van der Waals surface area contributed by atoms with Gasteiger partial charge in [-0.1, -0.05) is 54.6 Å². The molecule has 0 unspecified atom stereocenters. The van der Waals surface area contributed by atoms with Crippen LogP contribution in [0.3, 0.4) is 0 Å². The van der Waals surface area contributed by atoms with Crippen LogP contribution in [0.15, 0.2) is 65.5 Å². The van der Waals surface area contributed by atoms with Crippen molar-refractivity contribution in [2.75, 3.05) is 0 Å². The van der Waals surface area contributed by atoms with E-state index in [4.69, 9.17) is 0 Å². The van der Waals surface area contributed by atoms with Gasteiger partial charge in [-0.25, -0.2) is 4.79 Å². The lowest BCUT2D eigenvalue weighted by atomic mass is 10.2. The number of benzene rings is 2. The second kappa shape index (κ2) is 5.40. The average molecular weight is 263 g/mol. The van der Waals surface area contributed by atoms with Crippen molar-refractivity contribution in [3.63, 3.8) is 0 Å². The van der Waals surface area contributed by atoms with E-state index in [2.05, 4.69) is 10.1 Å². The van der Waals surface area contributed by atoms with E-state index in [1.165, 1.54) is 4.68 Å². The molecule has 0 amide bonds. The number of rotatable bonds is 3. The molecular formula is C16H13N3O. The summed E-state index contributed by atoms with van der Waals surface area (Å²) in [6, 6.07) is 19.2. The number of aromatic nitrogens is 3. The minimum absolute atomic E-state index is 0.246. The van der Waals surface area contributed by atoms with E-state index in [0.717, 1.165) is 11.3 Å². The first kappa shape index (κ1) is 12.2. The molecule has 98 valence electrons. The minimum atomic E-state index is -0.246.